The van der Waals surface area contributed by atoms with E-state index in [1.807, 2.05) is 0 Å². The standard InChI is InChI=1S/C9H3F4S/c10-8-5-3-4-14-7(5)2-1-6(8)9(11,12)13/h1-3H. The molecule has 0 nitrogen and oxygen atoms in total. The van der Waals surface area contributed by atoms with Crippen LogP contribution in [0.15, 0.2) is 18.2 Å². The van der Waals surface area contributed by atoms with E-state index in [1.165, 1.54) is 12.1 Å². The quantitative estimate of drug-likeness (QED) is 0.590. The van der Waals surface area contributed by atoms with E-state index in [-0.39, 0.29) is 5.39 Å². The lowest BCUT2D eigenvalue weighted by Crippen LogP contribution is -2.07. The van der Waals surface area contributed by atoms with Crippen LogP contribution in [0.3, 0.4) is 0 Å². The fourth-order valence-electron chi connectivity index (χ4n) is 1.17. The van der Waals surface area contributed by atoms with Gasteiger partial charge in [-0.3, -0.25) is 0 Å². The molecule has 0 amide bonds. The number of rotatable bonds is 0. The van der Waals surface area contributed by atoms with E-state index in [2.05, 4.69) is 5.38 Å². The number of benzene rings is 1. The molecule has 1 aromatic carbocycles. The number of thiophene rings is 1. The van der Waals surface area contributed by atoms with Crippen LogP contribution in [0.25, 0.3) is 10.1 Å². The van der Waals surface area contributed by atoms with Crippen LogP contribution in [0.1, 0.15) is 5.56 Å². The molecule has 0 fully saturated rings. The minimum Gasteiger partial charge on any atom is -0.206 e. The van der Waals surface area contributed by atoms with Crippen molar-refractivity contribution in [2.45, 2.75) is 6.18 Å². The number of hydrogen-bond acceptors (Lipinski definition) is 1. The molecule has 0 unspecified atom stereocenters. The van der Waals surface area contributed by atoms with Gasteiger partial charge in [-0.15, -0.1) is 11.3 Å². The molecule has 0 N–H and O–H groups in total. The van der Waals surface area contributed by atoms with Crippen LogP contribution in [-0.2, 0) is 6.18 Å². The smallest absolute Gasteiger partial charge is 0.206 e. The largest absolute Gasteiger partial charge is 0.419 e. The first-order chi connectivity index (χ1) is 6.50. The van der Waals surface area contributed by atoms with Gasteiger partial charge >= 0.3 is 6.18 Å². The van der Waals surface area contributed by atoms with E-state index in [1.54, 1.807) is 0 Å². The van der Waals surface area contributed by atoms with Crippen molar-refractivity contribution in [2.24, 2.45) is 0 Å². The molecule has 5 heteroatoms. The van der Waals surface area contributed by atoms with Gasteiger partial charge in [-0.1, -0.05) is 0 Å². The monoisotopic (exact) mass is 219 g/mol. The van der Waals surface area contributed by atoms with Crippen molar-refractivity contribution in [3.05, 3.63) is 35.0 Å². The first-order valence-electron chi connectivity index (χ1n) is 3.65. The zero-order valence-corrected chi connectivity index (χ0v) is 7.47. The Morgan fingerprint density at radius 1 is 1.21 bits per heavy atom. The Bertz CT molecular complexity index is 469. The van der Waals surface area contributed by atoms with Crippen LogP contribution >= 0.6 is 11.3 Å². The zero-order chi connectivity index (χ0) is 10.3. The summed E-state index contributed by atoms with van der Waals surface area (Å²) in [7, 11) is 0. The van der Waals surface area contributed by atoms with Crippen LogP contribution in [0, 0.1) is 11.2 Å². The zero-order valence-electron chi connectivity index (χ0n) is 6.65. The Morgan fingerprint density at radius 3 is 2.57 bits per heavy atom. The van der Waals surface area contributed by atoms with Crippen LogP contribution in [0.4, 0.5) is 17.6 Å². The molecular formula is C9H3F4S. The Kier molecular flexibility index (Phi) is 1.99. The Morgan fingerprint density at radius 2 is 1.93 bits per heavy atom. The van der Waals surface area contributed by atoms with Crippen molar-refractivity contribution in [3.8, 4) is 0 Å². The van der Waals surface area contributed by atoms with Gasteiger partial charge in [0.05, 0.1) is 5.56 Å². The summed E-state index contributed by atoms with van der Waals surface area (Å²) in [5.74, 6) is -1.22. The summed E-state index contributed by atoms with van der Waals surface area (Å²) in [4.78, 5) is 0. The van der Waals surface area contributed by atoms with Crippen LogP contribution in [-0.4, -0.2) is 0 Å². The van der Waals surface area contributed by atoms with Crippen molar-refractivity contribution < 1.29 is 17.6 Å². The van der Waals surface area contributed by atoms with E-state index in [0.717, 1.165) is 17.4 Å². The summed E-state index contributed by atoms with van der Waals surface area (Å²) >= 11 is 1.09. The molecule has 0 saturated carbocycles. The third-order valence-corrected chi connectivity index (χ3v) is 2.63. The van der Waals surface area contributed by atoms with Gasteiger partial charge in [0, 0.05) is 15.5 Å². The molecular weight excluding hydrogens is 216 g/mol. The fourth-order valence-corrected chi connectivity index (χ4v) is 1.87. The number of fused-ring (bicyclic) bond motifs is 1. The average molecular weight is 219 g/mol. The summed E-state index contributed by atoms with van der Waals surface area (Å²) in [5, 5.41) is 2.57. The lowest BCUT2D eigenvalue weighted by Gasteiger charge is -2.07. The van der Waals surface area contributed by atoms with E-state index in [0.29, 0.717) is 4.70 Å². The van der Waals surface area contributed by atoms with E-state index < -0.39 is 17.6 Å². The molecule has 0 spiro atoms. The second-order valence-electron chi connectivity index (χ2n) is 2.70. The van der Waals surface area contributed by atoms with E-state index in [9.17, 15) is 17.6 Å². The van der Waals surface area contributed by atoms with Gasteiger partial charge in [0.1, 0.15) is 5.82 Å². The average Bonchev–Trinajstić information content (AvgIpc) is 2.50. The summed E-state index contributed by atoms with van der Waals surface area (Å²) < 4.78 is 50.4. The van der Waals surface area contributed by atoms with Gasteiger partial charge in [-0.05, 0) is 18.2 Å². The van der Waals surface area contributed by atoms with Gasteiger partial charge in [0.25, 0.3) is 0 Å². The highest BCUT2D eigenvalue weighted by atomic mass is 32.1. The van der Waals surface area contributed by atoms with Crippen molar-refractivity contribution in [1.29, 1.82) is 0 Å². The molecule has 1 aromatic heterocycles. The number of alkyl halides is 3. The molecule has 0 aliphatic heterocycles. The fraction of sp³-hybridized carbons (Fsp3) is 0.111. The van der Waals surface area contributed by atoms with Crippen LogP contribution in [0.5, 0.6) is 0 Å². The van der Waals surface area contributed by atoms with E-state index >= 15 is 0 Å². The Labute approximate surface area is 80.8 Å². The molecule has 0 atom stereocenters. The predicted octanol–water partition coefficient (Wildman–Crippen LogP) is 3.86. The maximum atomic E-state index is 13.3. The second-order valence-corrected chi connectivity index (χ2v) is 3.58. The third-order valence-electron chi connectivity index (χ3n) is 1.82. The highest BCUT2D eigenvalue weighted by Crippen LogP contribution is 2.35. The predicted molar refractivity (Wildman–Crippen MR) is 45.6 cm³/mol. The molecule has 0 aliphatic rings. The molecule has 1 heterocycles. The van der Waals surface area contributed by atoms with Crippen LogP contribution in [0.2, 0.25) is 0 Å². The van der Waals surface area contributed by atoms with Crippen molar-refractivity contribution in [3.63, 3.8) is 0 Å². The summed E-state index contributed by atoms with van der Waals surface area (Å²) in [6.45, 7) is 0. The van der Waals surface area contributed by atoms with Crippen molar-refractivity contribution >= 4 is 21.4 Å². The van der Waals surface area contributed by atoms with Gasteiger partial charge < -0.3 is 0 Å². The maximum Gasteiger partial charge on any atom is 0.419 e. The molecule has 1 radical (unpaired) electrons. The maximum absolute atomic E-state index is 13.3. The SMILES string of the molecule is Fc1c(C(F)(F)F)ccc2s[c]cc12. The molecule has 0 saturated heterocycles. The molecule has 2 rings (SSSR count). The molecule has 0 bridgehead atoms. The third kappa shape index (κ3) is 1.37. The highest BCUT2D eigenvalue weighted by molar-refractivity contribution is 7.16. The number of halogens is 4. The second kappa shape index (κ2) is 2.95. The summed E-state index contributed by atoms with van der Waals surface area (Å²) in [6.07, 6.45) is -4.64. The van der Waals surface area contributed by atoms with Crippen molar-refractivity contribution in [1.82, 2.24) is 0 Å². The molecule has 73 valence electrons. The molecule has 2 aromatic rings. The van der Waals surface area contributed by atoms with Gasteiger partial charge in [0.15, 0.2) is 0 Å². The Balaban J connectivity index is 2.74. The number of hydrogen-bond donors (Lipinski definition) is 0. The summed E-state index contributed by atoms with van der Waals surface area (Å²) in [6, 6.07) is 3.23. The molecule has 0 aliphatic carbocycles. The first kappa shape index (κ1) is 9.45. The lowest BCUT2D eigenvalue weighted by molar-refractivity contribution is -0.139. The minimum absolute atomic E-state index is 0.0233. The van der Waals surface area contributed by atoms with Gasteiger partial charge in [-0.25, -0.2) is 4.39 Å². The topological polar surface area (TPSA) is 0 Å². The lowest BCUT2D eigenvalue weighted by atomic mass is 10.1. The van der Waals surface area contributed by atoms with Gasteiger partial charge in [0.2, 0.25) is 0 Å². The molecule has 14 heavy (non-hydrogen) atoms. The minimum atomic E-state index is -4.64. The Hall–Kier alpha value is -1.10. The van der Waals surface area contributed by atoms with Crippen LogP contribution < -0.4 is 0 Å². The first-order valence-corrected chi connectivity index (χ1v) is 4.47. The van der Waals surface area contributed by atoms with E-state index in [4.69, 9.17) is 0 Å². The summed E-state index contributed by atoms with van der Waals surface area (Å²) in [5.41, 5.74) is -1.23. The highest BCUT2D eigenvalue weighted by Gasteiger charge is 2.34. The van der Waals surface area contributed by atoms with Crippen molar-refractivity contribution in [2.75, 3.05) is 0 Å². The normalized spacial score (nSPS) is 12.3. The van der Waals surface area contributed by atoms with Gasteiger partial charge in [-0.2, -0.15) is 13.2 Å².